The molecule has 1 N–H and O–H groups in total. The molecule has 1 atom stereocenters. The van der Waals surface area contributed by atoms with Crippen LogP contribution in [0.3, 0.4) is 0 Å². The fourth-order valence-corrected chi connectivity index (χ4v) is 2.22. The van der Waals surface area contributed by atoms with Gasteiger partial charge in [0, 0.05) is 24.9 Å². The molecule has 0 radical (unpaired) electrons. The lowest BCUT2D eigenvalue weighted by molar-refractivity contribution is 0.452. The van der Waals surface area contributed by atoms with Crippen LogP contribution in [0.4, 0.5) is 0 Å². The van der Waals surface area contributed by atoms with Gasteiger partial charge in [0.1, 0.15) is 5.76 Å². The highest BCUT2D eigenvalue weighted by Crippen LogP contribution is 2.19. The lowest BCUT2D eigenvalue weighted by Gasteiger charge is -2.18. The number of nitrogens with zero attached hydrogens (tertiary/aromatic N) is 1. The number of pyridine rings is 1. The molecule has 0 aliphatic heterocycles. The average Bonchev–Trinajstić information content (AvgIpc) is 2.92. The summed E-state index contributed by atoms with van der Waals surface area (Å²) < 4.78 is 5.40. The summed E-state index contributed by atoms with van der Waals surface area (Å²) in [4.78, 5) is 4.29. The monoisotopic (exact) mass is 258 g/mol. The second-order valence-electron chi connectivity index (χ2n) is 4.92. The first-order chi connectivity index (χ1) is 9.29. The van der Waals surface area contributed by atoms with E-state index >= 15 is 0 Å². The van der Waals surface area contributed by atoms with E-state index in [2.05, 4.69) is 30.2 Å². The predicted octanol–water partition coefficient (Wildman–Crippen LogP) is 3.66. The molecule has 102 valence electrons. The fourth-order valence-electron chi connectivity index (χ4n) is 2.22. The van der Waals surface area contributed by atoms with Crippen LogP contribution < -0.4 is 5.32 Å². The lowest BCUT2D eigenvalue weighted by atomic mass is 10.0. The van der Waals surface area contributed by atoms with Gasteiger partial charge < -0.3 is 9.73 Å². The zero-order chi connectivity index (χ0) is 13.5. The molecule has 2 heterocycles. The Labute approximate surface area is 115 Å². The smallest absolute Gasteiger partial charge is 0.103 e. The van der Waals surface area contributed by atoms with E-state index in [-0.39, 0.29) is 0 Å². The molecule has 0 bridgehead atoms. The number of hydrogen-bond donors (Lipinski definition) is 1. The van der Waals surface area contributed by atoms with Crippen LogP contribution in [-0.4, -0.2) is 11.5 Å². The zero-order valence-corrected chi connectivity index (χ0v) is 11.7. The molecule has 1 unspecified atom stereocenters. The summed E-state index contributed by atoms with van der Waals surface area (Å²) in [5, 5.41) is 3.59. The van der Waals surface area contributed by atoms with Gasteiger partial charge in [0.25, 0.3) is 0 Å². The first kappa shape index (κ1) is 13.8. The number of hydrogen-bond acceptors (Lipinski definition) is 3. The number of aromatic nitrogens is 1. The number of rotatable bonds is 7. The van der Waals surface area contributed by atoms with Crippen LogP contribution in [0.25, 0.3) is 0 Å². The summed E-state index contributed by atoms with van der Waals surface area (Å²) in [5.41, 5.74) is 2.47. The van der Waals surface area contributed by atoms with Crippen LogP contribution in [0.15, 0.2) is 41.3 Å². The molecule has 0 amide bonds. The van der Waals surface area contributed by atoms with Crippen LogP contribution in [0, 0.1) is 6.92 Å². The van der Waals surface area contributed by atoms with Crippen molar-refractivity contribution in [2.24, 2.45) is 0 Å². The SMILES string of the molecule is CCCNC(CCc1ccco1)c1cncc(C)c1. The fraction of sp³-hybridized carbons (Fsp3) is 0.438. The van der Waals surface area contributed by atoms with Gasteiger partial charge in [0.05, 0.1) is 6.26 Å². The molecule has 0 saturated carbocycles. The quantitative estimate of drug-likeness (QED) is 0.823. The van der Waals surface area contributed by atoms with Crippen LogP contribution >= 0.6 is 0 Å². The highest BCUT2D eigenvalue weighted by atomic mass is 16.3. The standard InChI is InChI=1S/C16H22N2O/c1-3-8-18-16(7-6-15-5-4-9-19-15)14-10-13(2)11-17-12-14/h4-5,9-12,16,18H,3,6-8H2,1-2H3. The zero-order valence-electron chi connectivity index (χ0n) is 11.7. The van der Waals surface area contributed by atoms with Crippen molar-refractivity contribution in [2.45, 2.75) is 39.2 Å². The predicted molar refractivity (Wildman–Crippen MR) is 77.0 cm³/mol. The van der Waals surface area contributed by atoms with E-state index in [9.17, 15) is 0 Å². The minimum atomic E-state index is 0.345. The summed E-state index contributed by atoms with van der Waals surface area (Å²) in [6, 6.07) is 6.53. The van der Waals surface area contributed by atoms with E-state index in [4.69, 9.17) is 4.42 Å². The van der Waals surface area contributed by atoms with Gasteiger partial charge in [-0.2, -0.15) is 0 Å². The van der Waals surface area contributed by atoms with Gasteiger partial charge in [0.2, 0.25) is 0 Å². The maximum absolute atomic E-state index is 5.40. The molecule has 0 aromatic carbocycles. The van der Waals surface area contributed by atoms with Crippen molar-refractivity contribution < 1.29 is 4.42 Å². The van der Waals surface area contributed by atoms with Gasteiger partial charge in [-0.05, 0) is 49.6 Å². The van der Waals surface area contributed by atoms with Gasteiger partial charge in [-0.1, -0.05) is 13.0 Å². The summed E-state index contributed by atoms with van der Waals surface area (Å²) in [6.45, 7) is 5.29. The van der Waals surface area contributed by atoms with E-state index in [1.54, 1.807) is 6.26 Å². The third-order valence-electron chi connectivity index (χ3n) is 3.20. The molecule has 0 fully saturated rings. The van der Waals surface area contributed by atoms with Crippen LogP contribution in [0.5, 0.6) is 0 Å². The van der Waals surface area contributed by atoms with Crippen molar-refractivity contribution in [3.63, 3.8) is 0 Å². The van der Waals surface area contributed by atoms with Crippen molar-refractivity contribution in [2.75, 3.05) is 6.54 Å². The summed E-state index contributed by atoms with van der Waals surface area (Å²) in [7, 11) is 0. The van der Waals surface area contributed by atoms with Crippen LogP contribution in [0.1, 0.15) is 42.7 Å². The summed E-state index contributed by atoms with van der Waals surface area (Å²) in [5.74, 6) is 1.05. The Balaban J connectivity index is 2.02. The molecule has 2 aromatic rings. The number of nitrogens with one attached hydrogen (secondary N) is 1. The second-order valence-corrected chi connectivity index (χ2v) is 4.92. The molecule has 0 aliphatic carbocycles. The van der Waals surface area contributed by atoms with Crippen molar-refractivity contribution in [3.05, 3.63) is 53.7 Å². The third kappa shape index (κ3) is 4.21. The highest BCUT2D eigenvalue weighted by molar-refractivity contribution is 5.20. The highest BCUT2D eigenvalue weighted by Gasteiger charge is 2.12. The Morgan fingerprint density at radius 3 is 2.95 bits per heavy atom. The Bertz CT molecular complexity index is 479. The minimum Gasteiger partial charge on any atom is -0.469 e. The molecular formula is C16H22N2O. The van der Waals surface area contributed by atoms with E-state index in [1.807, 2.05) is 24.5 Å². The molecule has 0 saturated heterocycles. The van der Waals surface area contributed by atoms with Crippen molar-refractivity contribution >= 4 is 0 Å². The van der Waals surface area contributed by atoms with E-state index < -0.39 is 0 Å². The van der Waals surface area contributed by atoms with Crippen LogP contribution in [-0.2, 0) is 6.42 Å². The number of furan rings is 1. The summed E-state index contributed by atoms with van der Waals surface area (Å²) in [6.07, 6.45) is 8.70. The van der Waals surface area contributed by atoms with Crippen molar-refractivity contribution in [3.8, 4) is 0 Å². The van der Waals surface area contributed by atoms with Gasteiger partial charge in [-0.3, -0.25) is 4.98 Å². The largest absolute Gasteiger partial charge is 0.469 e. The van der Waals surface area contributed by atoms with E-state index in [1.165, 1.54) is 11.1 Å². The molecule has 2 aromatic heterocycles. The van der Waals surface area contributed by atoms with Gasteiger partial charge >= 0.3 is 0 Å². The molecule has 0 aliphatic rings. The maximum Gasteiger partial charge on any atom is 0.103 e. The Hall–Kier alpha value is -1.61. The first-order valence-electron chi connectivity index (χ1n) is 6.97. The number of aryl methyl sites for hydroxylation is 2. The average molecular weight is 258 g/mol. The van der Waals surface area contributed by atoms with Gasteiger partial charge in [-0.15, -0.1) is 0 Å². The molecule has 3 nitrogen and oxygen atoms in total. The Morgan fingerprint density at radius 1 is 1.37 bits per heavy atom. The molecule has 0 spiro atoms. The summed E-state index contributed by atoms with van der Waals surface area (Å²) >= 11 is 0. The van der Waals surface area contributed by atoms with Crippen LogP contribution in [0.2, 0.25) is 0 Å². The minimum absolute atomic E-state index is 0.345. The van der Waals surface area contributed by atoms with E-state index in [0.717, 1.165) is 31.6 Å². The topological polar surface area (TPSA) is 38.1 Å². The molecule has 3 heteroatoms. The molecule has 2 rings (SSSR count). The first-order valence-corrected chi connectivity index (χ1v) is 6.97. The molecular weight excluding hydrogens is 236 g/mol. The Kier molecular flexibility index (Phi) is 5.16. The third-order valence-corrected chi connectivity index (χ3v) is 3.20. The normalized spacial score (nSPS) is 12.5. The van der Waals surface area contributed by atoms with Crippen molar-refractivity contribution in [1.29, 1.82) is 0 Å². The molecule has 19 heavy (non-hydrogen) atoms. The second kappa shape index (κ2) is 7.10. The van der Waals surface area contributed by atoms with Crippen molar-refractivity contribution in [1.82, 2.24) is 10.3 Å². The Morgan fingerprint density at radius 2 is 2.26 bits per heavy atom. The van der Waals surface area contributed by atoms with Gasteiger partial charge in [0.15, 0.2) is 0 Å². The van der Waals surface area contributed by atoms with E-state index in [0.29, 0.717) is 6.04 Å². The lowest BCUT2D eigenvalue weighted by Crippen LogP contribution is -2.23. The van der Waals surface area contributed by atoms with Gasteiger partial charge in [-0.25, -0.2) is 0 Å². The maximum atomic E-state index is 5.40.